The van der Waals surface area contributed by atoms with Crippen LogP contribution >= 0.6 is 11.8 Å². The van der Waals surface area contributed by atoms with Gasteiger partial charge in [0.1, 0.15) is 11.8 Å². The Morgan fingerprint density at radius 1 is 1.59 bits per heavy atom. The van der Waals surface area contributed by atoms with Crippen LogP contribution in [0.15, 0.2) is 17.0 Å². The Hall–Kier alpha value is -1.40. The van der Waals surface area contributed by atoms with E-state index in [1.807, 2.05) is 6.07 Å². The number of carboxylic acid groups (broad SMARTS) is 1. The third-order valence-electron chi connectivity index (χ3n) is 2.60. The standard InChI is InChI=1S/C11H14N2O3S/c12-2-1-6-3-8(14)10-9(4-6)17-5-7(13-10)11(15)16/h3-4,7,13-14H,1-2,5,12H2,(H,15,16). The molecule has 1 unspecified atom stereocenters. The van der Waals surface area contributed by atoms with Crippen molar-refractivity contribution in [1.82, 2.24) is 0 Å². The number of hydrogen-bond donors (Lipinski definition) is 4. The molecule has 1 aliphatic heterocycles. The Morgan fingerprint density at radius 3 is 3.00 bits per heavy atom. The van der Waals surface area contributed by atoms with Crippen molar-refractivity contribution in [2.24, 2.45) is 5.73 Å². The first-order valence-electron chi connectivity index (χ1n) is 5.30. The van der Waals surface area contributed by atoms with Gasteiger partial charge in [-0.05, 0) is 30.7 Å². The van der Waals surface area contributed by atoms with Crippen molar-refractivity contribution in [2.75, 3.05) is 17.6 Å². The fraction of sp³-hybridized carbons (Fsp3) is 0.364. The molecule has 5 N–H and O–H groups in total. The molecule has 5 nitrogen and oxygen atoms in total. The molecule has 0 saturated carbocycles. The number of fused-ring (bicyclic) bond motifs is 1. The van der Waals surface area contributed by atoms with Gasteiger partial charge in [0.05, 0.1) is 5.69 Å². The Balaban J connectivity index is 2.30. The summed E-state index contributed by atoms with van der Waals surface area (Å²) in [5.74, 6) is -0.369. The SMILES string of the molecule is NCCc1cc(O)c2c(c1)SCC(C(=O)O)N2. The summed E-state index contributed by atoms with van der Waals surface area (Å²) >= 11 is 1.44. The maximum Gasteiger partial charge on any atom is 0.327 e. The number of nitrogens with one attached hydrogen (secondary N) is 1. The molecule has 2 rings (SSSR count). The number of thioether (sulfide) groups is 1. The Labute approximate surface area is 103 Å². The molecule has 0 aromatic heterocycles. The second-order valence-corrected chi connectivity index (χ2v) is 4.93. The first kappa shape index (κ1) is 12.1. The summed E-state index contributed by atoms with van der Waals surface area (Å²) in [6.45, 7) is 0.522. The van der Waals surface area contributed by atoms with Gasteiger partial charge >= 0.3 is 5.97 Å². The molecule has 0 spiro atoms. The molecule has 17 heavy (non-hydrogen) atoms. The summed E-state index contributed by atoms with van der Waals surface area (Å²) in [6, 6.07) is 2.92. The number of rotatable bonds is 3. The van der Waals surface area contributed by atoms with E-state index in [1.165, 1.54) is 11.8 Å². The summed E-state index contributed by atoms with van der Waals surface area (Å²) in [5, 5.41) is 21.6. The fourth-order valence-electron chi connectivity index (χ4n) is 1.75. The molecule has 6 heteroatoms. The van der Waals surface area contributed by atoms with Crippen molar-refractivity contribution in [3.63, 3.8) is 0 Å². The highest BCUT2D eigenvalue weighted by Gasteiger charge is 2.26. The maximum atomic E-state index is 10.9. The average Bonchev–Trinajstić information content (AvgIpc) is 2.29. The van der Waals surface area contributed by atoms with Crippen LogP contribution in [0, 0.1) is 0 Å². The van der Waals surface area contributed by atoms with Crippen molar-refractivity contribution >= 4 is 23.4 Å². The second kappa shape index (κ2) is 4.85. The maximum absolute atomic E-state index is 10.9. The molecule has 0 fully saturated rings. The minimum Gasteiger partial charge on any atom is -0.506 e. The molecule has 1 atom stereocenters. The number of benzene rings is 1. The molecule has 1 aliphatic rings. The van der Waals surface area contributed by atoms with Crippen molar-refractivity contribution < 1.29 is 15.0 Å². The topological polar surface area (TPSA) is 95.6 Å². The lowest BCUT2D eigenvalue weighted by molar-refractivity contribution is -0.137. The number of carboxylic acids is 1. The quantitative estimate of drug-likeness (QED) is 0.598. The highest BCUT2D eigenvalue weighted by Crippen LogP contribution is 2.40. The van der Waals surface area contributed by atoms with E-state index in [-0.39, 0.29) is 5.75 Å². The zero-order chi connectivity index (χ0) is 12.4. The van der Waals surface area contributed by atoms with Gasteiger partial charge in [-0.1, -0.05) is 0 Å². The number of anilines is 1. The largest absolute Gasteiger partial charge is 0.506 e. The molecule has 0 aliphatic carbocycles. The first-order valence-corrected chi connectivity index (χ1v) is 6.28. The summed E-state index contributed by atoms with van der Waals surface area (Å²) in [6.07, 6.45) is 0.698. The molecule has 1 aromatic rings. The van der Waals surface area contributed by atoms with Gasteiger partial charge in [0, 0.05) is 10.6 Å². The lowest BCUT2D eigenvalue weighted by Crippen LogP contribution is -2.34. The Morgan fingerprint density at radius 2 is 2.35 bits per heavy atom. The number of nitrogens with two attached hydrogens (primary N) is 1. The first-order chi connectivity index (χ1) is 8.11. The predicted molar refractivity (Wildman–Crippen MR) is 66.6 cm³/mol. The van der Waals surface area contributed by atoms with Gasteiger partial charge in [0.25, 0.3) is 0 Å². The van der Waals surface area contributed by atoms with Gasteiger partial charge < -0.3 is 21.3 Å². The number of hydrogen-bond acceptors (Lipinski definition) is 5. The van der Waals surface area contributed by atoms with Crippen molar-refractivity contribution in [1.29, 1.82) is 0 Å². The van der Waals surface area contributed by atoms with E-state index >= 15 is 0 Å². The van der Waals surface area contributed by atoms with Gasteiger partial charge in [-0.15, -0.1) is 11.8 Å². The van der Waals surface area contributed by atoms with Gasteiger partial charge in [-0.3, -0.25) is 0 Å². The van der Waals surface area contributed by atoms with E-state index < -0.39 is 12.0 Å². The average molecular weight is 254 g/mol. The molecule has 92 valence electrons. The van der Waals surface area contributed by atoms with E-state index in [0.717, 1.165) is 10.5 Å². The normalized spacial score (nSPS) is 18.3. The number of aromatic hydroxyl groups is 1. The lowest BCUT2D eigenvalue weighted by atomic mass is 10.1. The molecule has 1 heterocycles. The molecule has 1 aromatic carbocycles. The monoisotopic (exact) mass is 254 g/mol. The minimum atomic E-state index is -0.909. The smallest absolute Gasteiger partial charge is 0.327 e. The Kier molecular flexibility index (Phi) is 3.44. The van der Waals surface area contributed by atoms with E-state index in [0.29, 0.717) is 24.4 Å². The summed E-state index contributed by atoms with van der Waals surface area (Å²) < 4.78 is 0. The molecule has 0 bridgehead atoms. The Bertz CT molecular complexity index is 451. The van der Waals surface area contributed by atoms with Crippen LogP contribution in [0.3, 0.4) is 0 Å². The van der Waals surface area contributed by atoms with Gasteiger partial charge in [0.15, 0.2) is 0 Å². The fourth-order valence-corrected chi connectivity index (χ4v) is 2.86. The van der Waals surface area contributed by atoms with Crippen LogP contribution in [0.25, 0.3) is 0 Å². The zero-order valence-corrected chi connectivity index (χ0v) is 9.96. The van der Waals surface area contributed by atoms with Crippen LogP contribution in [0.5, 0.6) is 5.75 Å². The van der Waals surface area contributed by atoms with Crippen LogP contribution in [0.4, 0.5) is 5.69 Å². The third-order valence-corrected chi connectivity index (χ3v) is 3.73. The van der Waals surface area contributed by atoms with Crippen LogP contribution in [-0.4, -0.2) is 34.5 Å². The van der Waals surface area contributed by atoms with Crippen LogP contribution in [-0.2, 0) is 11.2 Å². The van der Waals surface area contributed by atoms with Gasteiger partial charge in [0.2, 0.25) is 0 Å². The van der Waals surface area contributed by atoms with E-state index in [1.54, 1.807) is 6.07 Å². The number of phenols is 1. The molecule has 0 radical (unpaired) electrons. The number of carbonyl (C=O) groups is 1. The van der Waals surface area contributed by atoms with E-state index in [9.17, 15) is 9.90 Å². The van der Waals surface area contributed by atoms with Crippen molar-refractivity contribution in [2.45, 2.75) is 17.4 Å². The number of phenolic OH excluding ortho intramolecular Hbond substituents is 1. The van der Waals surface area contributed by atoms with Crippen molar-refractivity contribution in [3.8, 4) is 5.75 Å². The van der Waals surface area contributed by atoms with Crippen LogP contribution < -0.4 is 11.1 Å². The third kappa shape index (κ3) is 2.48. The van der Waals surface area contributed by atoms with E-state index in [4.69, 9.17) is 10.8 Å². The van der Waals surface area contributed by atoms with E-state index in [2.05, 4.69) is 5.32 Å². The zero-order valence-electron chi connectivity index (χ0n) is 9.14. The predicted octanol–water partition coefficient (Wildman–Crippen LogP) is 0.864. The number of aliphatic carboxylic acids is 1. The highest BCUT2D eigenvalue weighted by molar-refractivity contribution is 7.99. The summed E-state index contributed by atoms with van der Waals surface area (Å²) in [4.78, 5) is 11.8. The molecule has 0 saturated heterocycles. The van der Waals surface area contributed by atoms with Gasteiger partial charge in [-0.2, -0.15) is 0 Å². The van der Waals surface area contributed by atoms with Crippen LogP contribution in [0.2, 0.25) is 0 Å². The molecular formula is C11H14N2O3S. The molecule has 0 amide bonds. The van der Waals surface area contributed by atoms with Crippen molar-refractivity contribution in [3.05, 3.63) is 17.7 Å². The molecular weight excluding hydrogens is 240 g/mol. The summed E-state index contributed by atoms with van der Waals surface area (Å²) in [5.41, 5.74) is 6.94. The van der Waals surface area contributed by atoms with Crippen LogP contribution in [0.1, 0.15) is 5.56 Å². The second-order valence-electron chi connectivity index (χ2n) is 3.87. The lowest BCUT2D eigenvalue weighted by Gasteiger charge is -2.24. The highest BCUT2D eigenvalue weighted by atomic mass is 32.2. The summed E-state index contributed by atoms with van der Waals surface area (Å²) in [7, 11) is 0. The van der Waals surface area contributed by atoms with Gasteiger partial charge in [-0.25, -0.2) is 4.79 Å². The minimum absolute atomic E-state index is 0.0874.